The highest BCUT2D eigenvalue weighted by Crippen LogP contribution is 2.24. The minimum Gasteiger partial charge on any atom is -0.353 e. The minimum absolute atomic E-state index is 0.0542. The Kier molecular flexibility index (Phi) is 6.55. The van der Waals surface area contributed by atoms with E-state index < -0.39 is 0 Å². The molecule has 2 rings (SSSR count). The maximum absolute atomic E-state index is 13.3. The van der Waals surface area contributed by atoms with Crippen molar-refractivity contribution >= 4 is 17.7 Å². The molecule has 25 heavy (non-hydrogen) atoms. The number of amides is 1. The predicted molar refractivity (Wildman–Crippen MR) is 96.5 cm³/mol. The van der Waals surface area contributed by atoms with Crippen LogP contribution >= 0.6 is 11.8 Å². The number of benzene rings is 1. The molecule has 2 N–H and O–H groups in total. The molecule has 0 saturated heterocycles. The van der Waals surface area contributed by atoms with Crippen molar-refractivity contribution in [2.75, 3.05) is 19.8 Å². The molecular formula is C17H25FN5OS+. The number of aromatic nitrogens is 3. The standard InChI is InChI=1S/C17H24FN5OS/c1-11(2)19-15(24)10-25-17-21-20-16(12(3)22(4)5)23(17)14-8-6-13(18)7-9-14/h6-9,11-12H,10H2,1-5H3,(H,19,24)/p+1/t12-/m1/s1. The van der Waals surface area contributed by atoms with Crippen LogP contribution in [0.25, 0.3) is 5.69 Å². The molecule has 1 aromatic carbocycles. The molecule has 1 aromatic heterocycles. The summed E-state index contributed by atoms with van der Waals surface area (Å²) in [6, 6.07) is 6.39. The van der Waals surface area contributed by atoms with Crippen LogP contribution in [0.4, 0.5) is 4.39 Å². The van der Waals surface area contributed by atoms with Crippen molar-refractivity contribution < 1.29 is 14.1 Å². The molecule has 1 atom stereocenters. The van der Waals surface area contributed by atoms with E-state index in [2.05, 4.69) is 22.4 Å². The zero-order valence-electron chi connectivity index (χ0n) is 15.2. The second-order valence-corrected chi connectivity index (χ2v) is 7.41. The first-order chi connectivity index (χ1) is 11.8. The molecule has 8 heteroatoms. The van der Waals surface area contributed by atoms with Gasteiger partial charge in [0.1, 0.15) is 11.9 Å². The number of carbonyl (C=O) groups excluding carboxylic acids is 1. The Morgan fingerprint density at radius 3 is 2.44 bits per heavy atom. The molecule has 1 heterocycles. The van der Waals surface area contributed by atoms with Crippen LogP contribution in [-0.2, 0) is 4.79 Å². The Morgan fingerprint density at radius 1 is 1.24 bits per heavy atom. The van der Waals surface area contributed by atoms with E-state index >= 15 is 0 Å². The van der Waals surface area contributed by atoms with E-state index in [-0.39, 0.29) is 29.6 Å². The van der Waals surface area contributed by atoms with Crippen molar-refractivity contribution in [2.24, 2.45) is 0 Å². The van der Waals surface area contributed by atoms with Gasteiger partial charge in [-0.15, -0.1) is 10.2 Å². The summed E-state index contributed by atoms with van der Waals surface area (Å²) in [7, 11) is 4.08. The first kappa shape index (κ1) is 19.4. The molecule has 0 spiro atoms. The van der Waals surface area contributed by atoms with E-state index in [4.69, 9.17) is 0 Å². The molecule has 0 bridgehead atoms. The van der Waals surface area contributed by atoms with E-state index in [1.54, 1.807) is 12.1 Å². The number of quaternary nitrogens is 1. The summed E-state index contributed by atoms with van der Waals surface area (Å²) < 4.78 is 15.2. The van der Waals surface area contributed by atoms with Crippen molar-refractivity contribution in [3.05, 3.63) is 35.9 Å². The number of hydrogen-bond acceptors (Lipinski definition) is 4. The van der Waals surface area contributed by atoms with E-state index in [0.29, 0.717) is 5.16 Å². The molecule has 1 amide bonds. The van der Waals surface area contributed by atoms with Gasteiger partial charge in [0.25, 0.3) is 0 Å². The Labute approximate surface area is 151 Å². The smallest absolute Gasteiger partial charge is 0.230 e. The zero-order chi connectivity index (χ0) is 18.6. The Bertz CT molecular complexity index is 714. The fourth-order valence-electron chi connectivity index (χ4n) is 2.24. The fraction of sp³-hybridized carbons (Fsp3) is 0.471. The van der Waals surface area contributed by atoms with Crippen molar-refractivity contribution in [3.63, 3.8) is 0 Å². The largest absolute Gasteiger partial charge is 0.353 e. The first-order valence-electron chi connectivity index (χ1n) is 8.23. The molecule has 2 aromatic rings. The molecular weight excluding hydrogens is 341 g/mol. The highest BCUT2D eigenvalue weighted by Gasteiger charge is 2.23. The molecule has 0 fully saturated rings. The number of halogens is 1. The van der Waals surface area contributed by atoms with Gasteiger partial charge in [-0.1, -0.05) is 11.8 Å². The lowest BCUT2D eigenvalue weighted by Gasteiger charge is -2.18. The van der Waals surface area contributed by atoms with Crippen LogP contribution in [0, 0.1) is 5.82 Å². The van der Waals surface area contributed by atoms with Gasteiger partial charge in [0.05, 0.1) is 19.8 Å². The average Bonchev–Trinajstić information content (AvgIpc) is 2.96. The highest BCUT2D eigenvalue weighted by atomic mass is 32.2. The van der Waals surface area contributed by atoms with E-state index in [1.807, 2.05) is 32.5 Å². The average molecular weight is 366 g/mol. The SMILES string of the molecule is CC(C)NC(=O)CSc1nnc([C@@H](C)[NH+](C)C)n1-c1ccc(F)cc1. The second-order valence-electron chi connectivity index (χ2n) is 6.46. The van der Waals surface area contributed by atoms with Crippen molar-refractivity contribution in [2.45, 2.75) is 38.0 Å². The quantitative estimate of drug-likeness (QED) is 0.724. The van der Waals surface area contributed by atoms with Crippen LogP contribution in [0.1, 0.15) is 32.6 Å². The maximum atomic E-state index is 13.3. The van der Waals surface area contributed by atoms with E-state index in [0.717, 1.165) is 11.5 Å². The lowest BCUT2D eigenvalue weighted by Crippen LogP contribution is -3.05. The van der Waals surface area contributed by atoms with Gasteiger partial charge in [0.15, 0.2) is 11.0 Å². The van der Waals surface area contributed by atoms with Gasteiger partial charge in [-0.05, 0) is 45.0 Å². The van der Waals surface area contributed by atoms with Crippen LogP contribution in [0.15, 0.2) is 29.4 Å². The minimum atomic E-state index is -0.296. The summed E-state index contributed by atoms with van der Waals surface area (Å²) in [4.78, 5) is 13.1. The first-order valence-corrected chi connectivity index (χ1v) is 9.21. The molecule has 0 aliphatic carbocycles. The third-order valence-electron chi connectivity index (χ3n) is 3.78. The van der Waals surface area contributed by atoms with Crippen LogP contribution in [-0.4, -0.2) is 46.6 Å². The Balaban J connectivity index is 2.33. The van der Waals surface area contributed by atoms with Crippen molar-refractivity contribution in [3.8, 4) is 5.69 Å². The topological polar surface area (TPSA) is 64.2 Å². The van der Waals surface area contributed by atoms with Gasteiger partial charge < -0.3 is 10.2 Å². The normalized spacial score (nSPS) is 12.6. The third-order valence-corrected chi connectivity index (χ3v) is 4.71. The Morgan fingerprint density at radius 2 is 1.88 bits per heavy atom. The lowest BCUT2D eigenvalue weighted by molar-refractivity contribution is -0.890. The van der Waals surface area contributed by atoms with Crippen molar-refractivity contribution in [1.29, 1.82) is 0 Å². The number of rotatable bonds is 7. The molecule has 136 valence electrons. The van der Waals surface area contributed by atoms with Crippen LogP contribution < -0.4 is 10.2 Å². The number of carbonyl (C=O) groups is 1. The van der Waals surface area contributed by atoms with Crippen LogP contribution in [0.5, 0.6) is 0 Å². The van der Waals surface area contributed by atoms with Gasteiger partial charge in [0.2, 0.25) is 5.91 Å². The van der Waals surface area contributed by atoms with Gasteiger partial charge in [-0.2, -0.15) is 0 Å². The van der Waals surface area contributed by atoms with Crippen LogP contribution in [0.3, 0.4) is 0 Å². The number of hydrogen-bond donors (Lipinski definition) is 2. The predicted octanol–water partition coefficient (Wildman–Crippen LogP) is 1.23. The van der Waals surface area contributed by atoms with Crippen molar-refractivity contribution in [1.82, 2.24) is 20.1 Å². The number of nitrogens with zero attached hydrogens (tertiary/aromatic N) is 3. The molecule has 0 unspecified atom stereocenters. The van der Waals surface area contributed by atoms with Gasteiger partial charge in [-0.3, -0.25) is 9.36 Å². The molecule has 0 saturated carbocycles. The Hall–Kier alpha value is -1.93. The summed E-state index contributed by atoms with van der Waals surface area (Å²) in [5, 5.41) is 12.1. The summed E-state index contributed by atoms with van der Waals surface area (Å²) in [6.07, 6.45) is 0. The van der Waals surface area contributed by atoms with Gasteiger partial charge in [0, 0.05) is 11.7 Å². The third kappa shape index (κ3) is 5.02. The molecule has 0 radical (unpaired) electrons. The lowest BCUT2D eigenvalue weighted by atomic mass is 10.2. The van der Waals surface area contributed by atoms with E-state index in [9.17, 15) is 9.18 Å². The summed E-state index contributed by atoms with van der Waals surface area (Å²) in [6.45, 7) is 5.89. The van der Waals surface area contributed by atoms with E-state index in [1.165, 1.54) is 28.8 Å². The molecule has 6 nitrogen and oxygen atoms in total. The summed E-state index contributed by atoms with van der Waals surface area (Å²) in [5.74, 6) is 0.677. The fourth-order valence-corrected chi connectivity index (χ4v) is 3.01. The number of nitrogens with one attached hydrogen (secondary N) is 2. The summed E-state index contributed by atoms with van der Waals surface area (Å²) >= 11 is 1.32. The summed E-state index contributed by atoms with van der Waals surface area (Å²) in [5.41, 5.74) is 0.779. The number of thioether (sulfide) groups is 1. The van der Waals surface area contributed by atoms with Crippen LogP contribution in [0.2, 0.25) is 0 Å². The van der Waals surface area contributed by atoms with Gasteiger partial charge in [-0.25, -0.2) is 4.39 Å². The van der Waals surface area contributed by atoms with Gasteiger partial charge >= 0.3 is 0 Å². The monoisotopic (exact) mass is 366 g/mol. The second kappa shape index (κ2) is 8.44. The molecule has 0 aliphatic rings. The highest BCUT2D eigenvalue weighted by molar-refractivity contribution is 7.99. The molecule has 0 aliphatic heterocycles. The zero-order valence-corrected chi connectivity index (χ0v) is 16.0. The maximum Gasteiger partial charge on any atom is 0.230 e.